The molecule has 31 heavy (non-hydrogen) atoms. The first-order valence-corrected chi connectivity index (χ1v) is 8.97. The van der Waals surface area contributed by atoms with Gasteiger partial charge in [-0.3, -0.25) is 20.2 Å². The molecule has 0 aliphatic heterocycles. The van der Waals surface area contributed by atoms with Gasteiger partial charge in [-0.2, -0.15) is 0 Å². The van der Waals surface area contributed by atoms with Gasteiger partial charge in [0, 0.05) is 12.1 Å². The quantitative estimate of drug-likeness (QED) is 0.264. The fraction of sp³-hybridized carbons (Fsp3) is 0.300. The summed E-state index contributed by atoms with van der Waals surface area (Å²) in [6.07, 6.45) is 0. The Bertz CT molecular complexity index is 949. The monoisotopic (exact) mass is 432 g/mol. The van der Waals surface area contributed by atoms with Crippen molar-refractivity contribution in [1.29, 1.82) is 0 Å². The van der Waals surface area contributed by atoms with Crippen molar-refractivity contribution in [2.75, 3.05) is 0 Å². The van der Waals surface area contributed by atoms with Crippen LogP contribution in [0.4, 0.5) is 11.4 Å². The van der Waals surface area contributed by atoms with Crippen LogP contribution in [-0.2, 0) is 14.3 Å². The molecule has 0 fully saturated rings. The van der Waals surface area contributed by atoms with Crippen LogP contribution >= 0.6 is 0 Å². The van der Waals surface area contributed by atoms with Gasteiger partial charge in [0.2, 0.25) is 11.2 Å². The first-order chi connectivity index (χ1) is 14.3. The predicted molar refractivity (Wildman–Crippen MR) is 107 cm³/mol. The maximum absolute atomic E-state index is 12.5. The normalized spacial score (nSPS) is 11.4. The number of hydrogen-bond acceptors (Lipinski definition) is 9. The number of nitrogens with zero attached hydrogens (tertiary/aromatic N) is 2. The molecular weight excluding hydrogens is 412 g/mol. The number of nitro benzene ring substituents is 2. The third-order valence-electron chi connectivity index (χ3n) is 4.02. The molecule has 0 spiro atoms. The van der Waals surface area contributed by atoms with Crippen molar-refractivity contribution in [2.45, 2.75) is 38.9 Å². The molecule has 0 unspecified atom stereocenters. The third-order valence-corrected chi connectivity index (χ3v) is 4.02. The molecule has 0 saturated heterocycles. The molecule has 0 heterocycles. The van der Waals surface area contributed by atoms with E-state index in [1.54, 1.807) is 0 Å². The number of rotatable bonds is 8. The standard InChI is InChI=1S/C20H20N2O9/c1-19(2,30-15-11-7-5-9-13(15)21(25)26)17(23)29-18(24)20(3,4)31-16-12-8-6-10-14(16)22(27)28/h5-12H,1-4H3. The van der Waals surface area contributed by atoms with Crippen LogP contribution in [0.25, 0.3) is 0 Å². The van der Waals surface area contributed by atoms with Crippen molar-refractivity contribution in [3.63, 3.8) is 0 Å². The Kier molecular flexibility index (Phi) is 6.58. The van der Waals surface area contributed by atoms with Gasteiger partial charge in [0.05, 0.1) is 9.85 Å². The van der Waals surface area contributed by atoms with Crippen molar-refractivity contribution in [3.05, 3.63) is 68.8 Å². The number of para-hydroxylation sites is 4. The minimum atomic E-state index is -1.77. The van der Waals surface area contributed by atoms with Crippen molar-refractivity contribution >= 4 is 23.3 Å². The van der Waals surface area contributed by atoms with Crippen LogP contribution in [0.1, 0.15) is 27.7 Å². The van der Waals surface area contributed by atoms with E-state index in [1.807, 2.05) is 0 Å². The summed E-state index contributed by atoms with van der Waals surface area (Å²) in [6, 6.07) is 10.8. The molecule has 0 atom stereocenters. The second kappa shape index (κ2) is 8.78. The highest BCUT2D eigenvalue weighted by molar-refractivity contribution is 5.93. The van der Waals surface area contributed by atoms with Gasteiger partial charge < -0.3 is 14.2 Å². The number of ether oxygens (including phenoxy) is 3. The summed E-state index contributed by atoms with van der Waals surface area (Å²) in [7, 11) is 0. The van der Waals surface area contributed by atoms with E-state index in [9.17, 15) is 29.8 Å². The van der Waals surface area contributed by atoms with Crippen LogP contribution < -0.4 is 9.47 Å². The average molecular weight is 432 g/mol. The minimum Gasteiger partial charge on any atom is -0.469 e. The Balaban J connectivity index is 2.16. The van der Waals surface area contributed by atoms with Gasteiger partial charge in [-0.05, 0) is 39.8 Å². The number of esters is 2. The van der Waals surface area contributed by atoms with Gasteiger partial charge in [-0.25, -0.2) is 9.59 Å². The van der Waals surface area contributed by atoms with Crippen LogP contribution in [-0.4, -0.2) is 33.0 Å². The Hall–Kier alpha value is -4.02. The zero-order chi connectivity index (χ0) is 23.4. The molecule has 11 nitrogen and oxygen atoms in total. The Labute approximate surface area is 176 Å². The summed E-state index contributed by atoms with van der Waals surface area (Å²) in [4.78, 5) is 46.0. The van der Waals surface area contributed by atoms with Crippen LogP contribution in [0, 0.1) is 20.2 Å². The fourth-order valence-corrected chi connectivity index (χ4v) is 2.35. The lowest BCUT2D eigenvalue weighted by Crippen LogP contribution is -2.46. The van der Waals surface area contributed by atoms with Gasteiger partial charge in [0.15, 0.2) is 11.5 Å². The average Bonchev–Trinajstić information content (AvgIpc) is 2.67. The molecule has 0 bridgehead atoms. The van der Waals surface area contributed by atoms with Crippen molar-refractivity contribution in [2.24, 2.45) is 0 Å². The largest absolute Gasteiger partial charge is 0.469 e. The molecule has 0 N–H and O–H groups in total. The summed E-state index contributed by atoms with van der Waals surface area (Å²) in [6.45, 7) is 5.09. The Morgan fingerprint density at radius 2 is 1.03 bits per heavy atom. The van der Waals surface area contributed by atoms with E-state index in [1.165, 1.54) is 76.2 Å². The van der Waals surface area contributed by atoms with Crippen LogP contribution in [0.15, 0.2) is 48.5 Å². The SMILES string of the molecule is CC(C)(Oc1ccccc1[N+](=O)[O-])C(=O)OC(=O)C(C)(C)Oc1ccccc1[N+](=O)[O-]. The highest BCUT2D eigenvalue weighted by Gasteiger charge is 2.41. The third kappa shape index (κ3) is 5.53. The molecule has 164 valence electrons. The maximum atomic E-state index is 12.5. The highest BCUT2D eigenvalue weighted by Crippen LogP contribution is 2.32. The van der Waals surface area contributed by atoms with Crippen LogP contribution in [0.3, 0.4) is 0 Å². The van der Waals surface area contributed by atoms with E-state index in [0.717, 1.165) is 0 Å². The lowest BCUT2D eigenvalue weighted by molar-refractivity contribution is -0.386. The molecule has 0 radical (unpaired) electrons. The molecule has 0 saturated carbocycles. The number of carbonyl (C=O) groups is 2. The van der Waals surface area contributed by atoms with E-state index in [-0.39, 0.29) is 22.9 Å². The lowest BCUT2D eigenvalue weighted by atomic mass is 10.1. The molecule has 0 aliphatic rings. The lowest BCUT2D eigenvalue weighted by Gasteiger charge is -2.27. The molecule has 0 amide bonds. The molecule has 0 aromatic heterocycles. The van der Waals surface area contributed by atoms with Crippen LogP contribution in [0.5, 0.6) is 11.5 Å². The van der Waals surface area contributed by atoms with E-state index in [2.05, 4.69) is 0 Å². The first kappa shape index (κ1) is 23.3. The summed E-state index contributed by atoms with van der Waals surface area (Å²) in [5.41, 5.74) is -4.27. The molecular formula is C20H20N2O9. The van der Waals surface area contributed by atoms with Gasteiger partial charge in [0.1, 0.15) is 0 Å². The Morgan fingerprint density at radius 3 is 1.35 bits per heavy atom. The first-order valence-electron chi connectivity index (χ1n) is 8.97. The fourth-order valence-electron chi connectivity index (χ4n) is 2.35. The van der Waals surface area contributed by atoms with Crippen molar-refractivity contribution in [3.8, 4) is 11.5 Å². The summed E-state index contributed by atoms with van der Waals surface area (Å²) >= 11 is 0. The molecule has 0 aliphatic carbocycles. The summed E-state index contributed by atoms with van der Waals surface area (Å²) in [5, 5.41) is 22.3. The van der Waals surface area contributed by atoms with Crippen molar-refractivity contribution < 1.29 is 33.6 Å². The van der Waals surface area contributed by atoms with E-state index >= 15 is 0 Å². The maximum Gasteiger partial charge on any atom is 0.357 e. The van der Waals surface area contributed by atoms with Gasteiger partial charge in [0.25, 0.3) is 0 Å². The second-order valence-electron chi connectivity index (χ2n) is 7.35. The van der Waals surface area contributed by atoms with Crippen LogP contribution in [0.2, 0.25) is 0 Å². The smallest absolute Gasteiger partial charge is 0.357 e. The zero-order valence-corrected chi connectivity index (χ0v) is 17.2. The minimum absolute atomic E-state index is 0.183. The van der Waals surface area contributed by atoms with E-state index in [4.69, 9.17) is 14.2 Å². The van der Waals surface area contributed by atoms with E-state index < -0.39 is 33.0 Å². The van der Waals surface area contributed by atoms with Gasteiger partial charge in [-0.1, -0.05) is 24.3 Å². The number of carbonyl (C=O) groups excluding carboxylic acids is 2. The van der Waals surface area contributed by atoms with Gasteiger partial charge in [-0.15, -0.1) is 0 Å². The van der Waals surface area contributed by atoms with E-state index in [0.29, 0.717) is 0 Å². The molecule has 2 aromatic rings. The predicted octanol–water partition coefficient (Wildman–Crippen LogP) is 3.59. The van der Waals surface area contributed by atoms with Gasteiger partial charge >= 0.3 is 23.3 Å². The number of nitro groups is 2. The topological polar surface area (TPSA) is 148 Å². The Morgan fingerprint density at radius 1 is 0.710 bits per heavy atom. The second-order valence-corrected chi connectivity index (χ2v) is 7.35. The zero-order valence-electron chi connectivity index (χ0n) is 17.2. The van der Waals surface area contributed by atoms with Crippen molar-refractivity contribution in [1.82, 2.24) is 0 Å². The molecule has 11 heteroatoms. The highest BCUT2D eigenvalue weighted by atomic mass is 16.6. The molecule has 2 rings (SSSR count). The summed E-state index contributed by atoms with van der Waals surface area (Å²) < 4.78 is 15.7. The summed E-state index contributed by atoms with van der Waals surface area (Å²) in [5.74, 6) is -2.63. The number of benzene rings is 2. The number of hydrogen-bond donors (Lipinski definition) is 0. The molecule has 2 aromatic carbocycles.